The van der Waals surface area contributed by atoms with E-state index in [-0.39, 0.29) is 5.75 Å². The van der Waals surface area contributed by atoms with Crippen molar-refractivity contribution in [2.45, 2.75) is 0 Å². The van der Waals surface area contributed by atoms with Crippen LogP contribution in [0.2, 0.25) is 0 Å². The molecule has 0 amide bonds. The highest BCUT2D eigenvalue weighted by Crippen LogP contribution is 2.43. The zero-order chi connectivity index (χ0) is 12.1. The number of hydrogen-bond acceptors (Lipinski definition) is 4. The number of methoxy groups -OCH3 is 2. The normalized spacial score (nSPS) is 10.8. The molecule has 88 valence electrons. The van der Waals surface area contributed by atoms with Gasteiger partial charge in [-0.15, -0.1) is 0 Å². The quantitative estimate of drug-likeness (QED) is 0.891. The van der Waals surface area contributed by atoms with Gasteiger partial charge in [0.25, 0.3) is 0 Å². The SMILES string of the molecule is COc1cc(/C=C/CN)c(O)c(Br)c1OC. The van der Waals surface area contributed by atoms with E-state index >= 15 is 0 Å². The van der Waals surface area contributed by atoms with Crippen molar-refractivity contribution in [2.24, 2.45) is 5.73 Å². The van der Waals surface area contributed by atoms with Crippen molar-refractivity contribution in [2.75, 3.05) is 20.8 Å². The number of phenolic OH excluding ortho intramolecular Hbond substituents is 1. The molecule has 16 heavy (non-hydrogen) atoms. The number of halogens is 1. The topological polar surface area (TPSA) is 64.7 Å². The van der Waals surface area contributed by atoms with Crippen LogP contribution in [0.5, 0.6) is 17.2 Å². The van der Waals surface area contributed by atoms with E-state index in [1.807, 2.05) is 0 Å². The average molecular weight is 288 g/mol. The summed E-state index contributed by atoms with van der Waals surface area (Å²) in [4.78, 5) is 0. The van der Waals surface area contributed by atoms with Crippen molar-refractivity contribution in [3.8, 4) is 17.2 Å². The molecule has 0 bridgehead atoms. The molecule has 1 aromatic rings. The van der Waals surface area contributed by atoms with E-state index < -0.39 is 0 Å². The third-order valence-corrected chi connectivity index (χ3v) is 2.78. The van der Waals surface area contributed by atoms with Gasteiger partial charge in [0.1, 0.15) is 10.2 Å². The van der Waals surface area contributed by atoms with Gasteiger partial charge in [-0.1, -0.05) is 12.2 Å². The smallest absolute Gasteiger partial charge is 0.178 e. The molecule has 0 aliphatic heterocycles. The van der Waals surface area contributed by atoms with Crippen LogP contribution < -0.4 is 15.2 Å². The van der Waals surface area contributed by atoms with Gasteiger partial charge >= 0.3 is 0 Å². The lowest BCUT2D eigenvalue weighted by molar-refractivity contribution is 0.348. The van der Waals surface area contributed by atoms with Crippen molar-refractivity contribution in [1.82, 2.24) is 0 Å². The number of benzene rings is 1. The minimum atomic E-state index is 0.0994. The van der Waals surface area contributed by atoms with Crippen LogP contribution in [0.15, 0.2) is 16.6 Å². The summed E-state index contributed by atoms with van der Waals surface area (Å²) in [6, 6.07) is 1.69. The van der Waals surface area contributed by atoms with E-state index in [0.717, 1.165) is 0 Å². The molecule has 0 radical (unpaired) electrons. The van der Waals surface area contributed by atoms with E-state index in [9.17, 15) is 5.11 Å². The average Bonchev–Trinajstić information content (AvgIpc) is 2.30. The Labute approximate surface area is 103 Å². The first-order valence-electron chi connectivity index (χ1n) is 4.65. The molecule has 0 fully saturated rings. The third kappa shape index (κ3) is 2.48. The molecule has 0 unspecified atom stereocenters. The summed E-state index contributed by atoms with van der Waals surface area (Å²) in [5.74, 6) is 1.11. The Bertz CT molecular complexity index is 405. The summed E-state index contributed by atoms with van der Waals surface area (Å²) in [5, 5.41) is 9.88. The Hall–Kier alpha value is -1.20. The van der Waals surface area contributed by atoms with E-state index in [1.54, 1.807) is 18.2 Å². The van der Waals surface area contributed by atoms with E-state index in [2.05, 4.69) is 15.9 Å². The van der Waals surface area contributed by atoms with Crippen molar-refractivity contribution in [3.63, 3.8) is 0 Å². The molecule has 0 spiro atoms. The van der Waals surface area contributed by atoms with Crippen molar-refractivity contribution in [1.29, 1.82) is 0 Å². The van der Waals surface area contributed by atoms with Crippen LogP contribution in [0.1, 0.15) is 5.56 Å². The number of hydrogen-bond donors (Lipinski definition) is 2. The monoisotopic (exact) mass is 287 g/mol. The van der Waals surface area contributed by atoms with Gasteiger partial charge in [-0.3, -0.25) is 0 Å². The zero-order valence-electron chi connectivity index (χ0n) is 9.16. The predicted octanol–water partition coefficient (Wildman–Crippen LogP) is 2.14. The molecule has 0 heterocycles. The second kappa shape index (κ2) is 5.77. The highest BCUT2D eigenvalue weighted by molar-refractivity contribution is 9.10. The van der Waals surface area contributed by atoms with Gasteiger partial charge in [-0.25, -0.2) is 0 Å². The Morgan fingerprint density at radius 1 is 1.44 bits per heavy atom. The van der Waals surface area contributed by atoms with Gasteiger partial charge < -0.3 is 20.3 Å². The van der Waals surface area contributed by atoms with Crippen LogP contribution >= 0.6 is 15.9 Å². The summed E-state index contributed by atoms with van der Waals surface area (Å²) in [6.07, 6.45) is 3.47. The van der Waals surface area contributed by atoms with Crippen LogP contribution in [0.4, 0.5) is 0 Å². The molecule has 0 atom stereocenters. The summed E-state index contributed by atoms with van der Waals surface area (Å²) in [7, 11) is 3.05. The number of nitrogens with two attached hydrogens (primary N) is 1. The van der Waals surface area contributed by atoms with Gasteiger partial charge in [-0.2, -0.15) is 0 Å². The maximum absolute atomic E-state index is 9.88. The Morgan fingerprint density at radius 3 is 2.62 bits per heavy atom. The maximum Gasteiger partial charge on any atom is 0.178 e. The molecular formula is C11H14BrNO3. The molecular weight excluding hydrogens is 274 g/mol. The summed E-state index contributed by atoms with van der Waals surface area (Å²) < 4.78 is 10.8. The minimum absolute atomic E-state index is 0.0994. The number of aromatic hydroxyl groups is 1. The Kier molecular flexibility index (Phi) is 4.64. The third-order valence-electron chi connectivity index (χ3n) is 2.05. The second-order valence-electron chi connectivity index (χ2n) is 3.00. The fourth-order valence-electron chi connectivity index (χ4n) is 1.28. The minimum Gasteiger partial charge on any atom is -0.506 e. The fourth-order valence-corrected chi connectivity index (χ4v) is 1.87. The van der Waals surface area contributed by atoms with Crippen LogP contribution in [0, 0.1) is 0 Å². The van der Waals surface area contributed by atoms with Crippen LogP contribution in [-0.2, 0) is 0 Å². The van der Waals surface area contributed by atoms with Crippen molar-refractivity contribution >= 4 is 22.0 Å². The zero-order valence-corrected chi connectivity index (χ0v) is 10.7. The predicted molar refractivity (Wildman–Crippen MR) is 67.0 cm³/mol. The molecule has 4 nitrogen and oxygen atoms in total. The summed E-state index contributed by atoms with van der Waals surface area (Å²) in [5.41, 5.74) is 5.98. The Morgan fingerprint density at radius 2 is 2.12 bits per heavy atom. The van der Waals surface area contributed by atoms with E-state index in [4.69, 9.17) is 15.2 Å². The Balaban J connectivity index is 3.32. The van der Waals surface area contributed by atoms with Crippen molar-refractivity contribution in [3.05, 3.63) is 22.2 Å². The molecule has 0 saturated heterocycles. The molecule has 1 rings (SSSR count). The van der Waals surface area contributed by atoms with Crippen LogP contribution in [0.3, 0.4) is 0 Å². The molecule has 5 heteroatoms. The lowest BCUT2D eigenvalue weighted by Gasteiger charge is -2.12. The largest absolute Gasteiger partial charge is 0.506 e. The fraction of sp³-hybridized carbons (Fsp3) is 0.273. The van der Waals surface area contributed by atoms with Gasteiger partial charge in [0.05, 0.1) is 14.2 Å². The molecule has 0 aromatic heterocycles. The van der Waals surface area contributed by atoms with Gasteiger partial charge in [0.2, 0.25) is 0 Å². The molecule has 3 N–H and O–H groups in total. The van der Waals surface area contributed by atoms with Crippen LogP contribution in [0.25, 0.3) is 6.08 Å². The lowest BCUT2D eigenvalue weighted by Crippen LogP contribution is -1.94. The van der Waals surface area contributed by atoms with E-state index in [1.165, 1.54) is 14.2 Å². The number of rotatable bonds is 4. The maximum atomic E-state index is 9.88. The molecule has 0 saturated carbocycles. The van der Waals surface area contributed by atoms with Gasteiger partial charge in [0, 0.05) is 12.1 Å². The number of ether oxygens (including phenoxy) is 2. The summed E-state index contributed by atoms with van der Waals surface area (Å²) in [6.45, 7) is 0.408. The highest BCUT2D eigenvalue weighted by Gasteiger charge is 2.15. The van der Waals surface area contributed by atoms with E-state index in [0.29, 0.717) is 28.1 Å². The van der Waals surface area contributed by atoms with Gasteiger partial charge in [-0.05, 0) is 22.0 Å². The summed E-state index contributed by atoms with van der Waals surface area (Å²) >= 11 is 3.25. The van der Waals surface area contributed by atoms with Crippen LogP contribution in [-0.4, -0.2) is 25.9 Å². The first-order valence-corrected chi connectivity index (χ1v) is 5.45. The second-order valence-corrected chi connectivity index (χ2v) is 3.79. The lowest BCUT2D eigenvalue weighted by atomic mass is 10.1. The first-order chi connectivity index (χ1) is 7.65. The van der Waals surface area contributed by atoms with Gasteiger partial charge in [0.15, 0.2) is 11.5 Å². The molecule has 0 aliphatic rings. The standard InChI is InChI=1S/C11H14BrNO3/c1-15-8-6-7(4-3-5-13)10(14)9(12)11(8)16-2/h3-4,6,14H,5,13H2,1-2H3/b4-3+. The highest BCUT2D eigenvalue weighted by atomic mass is 79.9. The van der Waals surface area contributed by atoms with Crippen molar-refractivity contribution < 1.29 is 14.6 Å². The molecule has 1 aromatic carbocycles. The molecule has 0 aliphatic carbocycles. The number of phenols is 1. The first kappa shape index (κ1) is 12.9.